The van der Waals surface area contributed by atoms with E-state index in [9.17, 15) is 0 Å². The third kappa shape index (κ3) is 4.42. The molecule has 1 aromatic rings. The maximum Gasteiger partial charge on any atom is 0.185 e. The number of ether oxygens (including phenoxy) is 2. The zero-order valence-electron chi connectivity index (χ0n) is 11.7. The number of thiazole rings is 1. The van der Waals surface area contributed by atoms with E-state index in [-0.39, 0.29) is 0 Å². The fraction of sp³-hybridized carbons (Fsp3) is 0.769. The van der Waals surface area contributed by atoms with Gasteiger partial charge < -0.3 is 20.1 Å². The van der Waals surface area contributed by atoms with Crippen LogP contribution in [0.15, 0.2) is 0 Å². The summed E-state index contributed by atoms with van der Waals surface area (Å²) in [6, 6.07) is 0. The van der Waals surface area contributed by atoms with Crippen LogP contribution in [0.25, 0.3) is 0 Å². The largest absolute Gasteiger partial charge is 0.379 e. The molecule has 0 saturated heterocycles. The summed E-state index contributed by atoms with van der Waals surface area (Å²) >= 11 is 1.64. The number of aromatic nitrogens is 1. The van der Waals surface area contributed by atoms with Crippen LogP contribution in [0.4, 0.5) is 5.13 Å². The maximum atomic E-state index is 5.73. The van der Waals surface area contributed by atoms with Gasteiger partial charge in [0.2, 0.25) is 0 Å². The first kappa shape index (κ1) is 14.7. The molecule has 0 amide bonds. The third-order valence-electron chi connectivity index (χ3n) is 3.18. The van der Waals surface area contributed by atoms with Gasteiger partial charge in [-0.1, -0.05) is 0 Å². The molecule has 0 bridgehead atoms. The minimum atomic E-state index is 0.516. The van der Waals surface area contributed by atoms with Gasteiger partial charge in [-0.25, -0.2) is 4.98 Å². The summed E-state index contributed by atoms with van der Waals surface area (Å²) in [6.07, 6.45) is 2.67. The molecule has 1 aromatic heterocycles. The molecule has 0 atom stereocenters. The number of methoxy groups -OCH3 is 1. The standard InChI is InChI=1S/C13H23N3O2S/c1-16(5-6-18-8-10-3-4-10)13-15-11(9-17-2)12(7-14)19-13/h10H,3-9,14H2,1-2H3. The molecule has 0 spiro atoms. The van der Waals surface area contributed by atoms with Gasteiger partial charge in [-0.2, -0.15) is 0 Å². The van der Waals surface area contributed by atoms with Gasteiger partial charge in [0, 0.05) is 38.7 Å². The second-order valence-electron chi connectivity index (χ2n) is 4.94. The molecule has 1 saturated carbocycles. The highest BCUT2D eigenvalue weighted by Crippen LogP contribution is 2.29. The van der Waals surface area contributed by atoms with Crippen molar-refractivity contribution in [2.45, 2.75) is 26.0 Å². The Morgan fingerprint density at radius 3 is 2.89 bits per heavy atom. The van der Waals surface area contributed by atoms with E-state index in [4.69, 9.17) is 15.2 Å². The lowest BCUT2D eigenvalue weighted by atomic mass is 10.4. The van der Waals surface area contributed by atoms with Crippen LogP contribution < -0.4 is 10.6 Å². The van der Waals surface area contributed by atoms with Gasteiger partial charge in [0.1, 0.15) is 0 Å². The van der Waals surface area contributed by atoms with Crippen LogP contribution >= 0.6 is 11.3 Å². The number of hydrogen-bond acceptors (Lipinski definition) is 6. The molecule has 0 aromatic carbocycles. The molecule has 5 nitrogen and oxygen atoms in total. The third-order valence-corrected chi connectivity index (χ3v) is 4.42. The Morgan fingerprint density at radius 2 is 2.26 bits per heavy atom. The van der Waals surface area contributed by atoms with Crippen molar-refractivity contribution in [3.05, 3.63) is 10.6 Å². The predicted molar refractivity (Wildman–Crippen MR) is 77.5 cm³/mol. The van der Waals surface area contributed by atoms with E-state index in [0.717, 1.165) is 41.4 Å². The first-order valence-corrected chi connectivity index (χ1v) is 7.52. The summed E-state index contributed by atoms with van der Waals surface area (Å²) in [4.78, 5) is 7.80. The second-order valence-corrected chi connectivity index (χ2v) is 6.01. The van der Waals surface area contributed by atoms with E-state index in [2.05, 4.69) is 9.88 Å². The van der Waals surface area contributed by atoms with Gasteiger partial charge in [0.05, 0.1) is 18.9 Å². The van der Waals surface area contributed by atoms with Crippen molar-refractivity contribution in [2.75, 3.05) is 38.8 Å². The number of nitrogens with zero attached hydrogens (tertiary/aromatic N) is 2. The Bertz CT molecular complexity index is 393. The van der Waals surface area contributed by atoms with Gasteiger partial charge in [-0.15, -0.1) is 11.3 Å². The summed E-state index contributed by atoms with van der Waals surface area (Å²) in [5, 5.41) is 0.988. The lowest BCUT2D eigenvalue weighted by Crippen LogP contribution is -2.22. The predicted octanol–water partition coefficient (Wildman–Crippen LogP) is 1.61. The Balaban J connectivity index is 1.80. The van der Waals surface area contributed by atoms with Crippen molar-refractivity contribution in [1.29, 1.82) is 0 Å². The van der Waals surface area contributed by atoms with Gasteiger partial charge in [0.25, 0.3) is 0 Å². The molecule has 2 rings (SSSR count). The number of rotatable bonds is 9. The Morgan fingerprint density at radius 1 is 1.47 bits per heavy atom. The fourth-order valence-corrected chi connectivity index (χ4v) is 2.70. The summed E-state index contributed by atoms with van der Waals surface area (Å²) in [5.74, 6) is 0.822. The average molecular weight is 285 g/mol. The smallest absolute Gasteiger partial charge is 0.185 e. The van der Waals surface area contributed by atoms with Crippen molar-refractivity contribution in [2.24, 2.45) is 11.7 Å². The number of hydrogen-bond donors (Lipinski definition) is 1. The number of nitrogens with two attached hydrogens (primary N) is 1. The number of anilines is 1. The molecule has 6 heteroatoms. The molecule has 1 heterocycles. The lowest BCUT2D eigenvalue weighted by molar-refractivity contribution is 0.131. The monoisotopic (exact) mass is 285 g/mol. The van der Waals surface area contributed by atoms with Crippen LogP contribution in [0.2, 0.25) is 0 Å². The van der Waals surface area contributed by atoms with E-state index in [0.29, 0.717) is 13.2 Å². The highest BCUT2D eigenvalue weighted by atomic mass is 32.1. The van der Waals surface area contributed by atoms with Crippen LogP contribution in [-0.4, -0.2) is 38.9 Å². The van der Waals surface area contributed by atoms with Crippen molar-refractivity contribution in [3.63, 3.8) is 0 Å². The summed E-state index contributed by atoms with van der Waals surface area (Å²) in [5.41, 5.74) is 6.68. The average Bonchev–Trinajstić information content (AvgIpc) is 3.14. The van der Waals surface area contributed by atoms with Crippen molar-refractivity contribution < 1.29 is 9.47 Å². The Kier molecular flexibility index (Phi) is 5.57. The molecule has 108 valence electrons. The van der Waals surface area contributed by atoms with Gasteiger partial charge in [-0.3, -0.25) is 0 Å². The summed E-state index contributed by atoms with van der Waals surface area (Å²) < 4.78 is 10.8. The normalized spacial score (nSPS) is 14.9. The summed E-state index contributed by atoms with van der Waals surface area (Å²) in [6.45, 7) is 3.56. The van der Waals surface area contributed by atoms with Gasteiger partial charge in [-0.05, 0) is 18.8 Å². The first-order chi connectivity index (χ1) is 9.24. The molecular weight excluding hydrogens is 262 g/mol. The summed E-state index contributed by atoms with van der Waals surface area (Å²) in [7, 11) is 3.71. The molecule has 0 radical (unpaired) electrons. The second kappa shape index (κ2) is 7.19. The van der Waals surface area contributed by atoms with Crippen LogP contribution in [0.3, 0.4) is 0 Å². The zero-order valence-corrected chi connectivity index (χ0v) is 12.5. The molecule has 0 unspecified atom stereocenters. The molecule has 0 aliphatic heterocycles. The highest BCUT2D eigenvalue weighted by Gasteiger charge is 2.21. The van der Waals surface area contributed by atoms with Crippen LogP contribution in [0.5, 0.6) is 0 Å². The van der Waals surface area contributed by atoms with Crippen molar-refractivity contribution >= 4 is 16.5 Å². The molecule has 19 heavy (non-hydrogen) atoms. The van der Waals surface area contributed by atoms with Crippen LogP contribution in [0, 0.1) is 5.92 Å². The maximum absolute atomic E-state index is 5.73. The van der Waals surface area contributed by atoms with E-state index in [1.165, 1.54) is 12.8 Å². The van der Waals surface area contributed by atoms with E-state index in [1.54, 1.807) is 18.4 Å². The Labute approximate surface area is 118 Å². The van der Waals surface area contributed by atoms with Crippen LogP contribution in [-0.2, 0) is 22.6 Å². The highest BCUT2D eigenvalue weighted by molar-refractivity contribution is 7.15. The van der Waals surface area contributed by atoms with Gasteiger partial charge in [0.15, 0.2) is 5.13 Å². The molecule has 1 fully saturated rings. The van der Waals surface area contributed by atoms with Gasteiger partial charge >= 0.3 is 0 Å². The molecule has 2 N–H and O–H groups in total. The van der Waals surface area contributed by atoms with E-state index < -0.39 is 0 Å². The topological polar surface area (TPSA) is 60.6 Å². The molecule has 1 aliphatic carbocycles. The van der Waals surface area contributed by atoms with Crippen molar-refractivity contribution in [3.8, 4) is 0 Å². The molecular formula is C13H23N3O2S. The number of likely N-dealkylation sites (N-methyl/N-ethyl adjacent to an activating group) is 1. The van der Waals surface area contributed by atoms with Crippen molar-refractivity contribution in [1.82, 2.24) is 4.98 Å². The molecule has 1 aliphatic rings. The lowest BCUT2D eigenvalue weighted by Gasteiger charge is -2.15. The Hall–Kier alpha value is -0.690. The SMILES string of the molecule is COCc1nc(N(C)CCOCC2CC2)sc1CN. The zero-order chi connectivity index (χ0) is 13.7. The van der Waals surface area contributed by atoms with E-state index >= 15 is 0 Å². The minimum Gasteiger partial charge on any atom is -0.379 e. The fourth-order valence-electron chi connectivity index (χ4n) is 1.77. The quantitative estimate of drug-likeness (QED) is 0.699. The first-order valence-electron chi connectivity index (χ1n) is 6.71. The van der Waals surface area contributed by atoms with E-state index in [1.807, 2.05) is 7.05 Å². The van der Waals surface area contributed by atoms with Crippen LogP contribution in [0.1, 0.15) is 23.4 Å². The minimum absolute atomic E-state index is 0.516.